The van der Waals surface area contributed by atoms with Crippen LogP contribution in [0.4, 0.5) is 0 Å². The number of halogens is 1. The summed E-state index contributed by atoms with van der Waals surface area (Å²) >= 11 is 0. The first-order chi connectivity index (χ1) is 4.63. The first-order valence-electron chi connectivity index (χ1n) is 3.35. The van der Waals surface area contributed by atoms with E-state index in [-0.39, 0.29) is 11.5 Å². The smallest absolute Gasteiger partial charge is 0.199 e. The Morgan fingerprint density at radius 3 is 1.82 bits per heavy atom. The van der Waals surface area contributed by atoms with E-state index in [2.05, 4.69) is 4.72 Å². The van der Waals surface area contributed by atoms with Gasteiger partial charge in [0.2, 0.25) is 0 Å². The molecule has 0 aliphatic heterocycles. The average Bonchev–Trinajstić information content (AvgIpc) is 1.56. The van der Waals surface area contributed by atoms with E-state index in [0.29, 0.717) is 0 Å². The number of rotatable bonds is 2. The van der Waals surface area contributed by atoms with E-state index in [1.165, 1.54) is 0 Å². The van der Waals surface area contributed by atoms with Gasteiger partial charge < -0.3 is 0 Å². The topological polar surface area (TPSA) is 46.2 Å². The molecule has 0 spiro atoms. The third kappa shape index (κ3) is 5.47. The Balaban J connectivity index is 4.21. The summed E-state index contributed by atoms with van der Waals surface area (Å²) in [5.41, 5.74) is -0.109. The average molecular weight is 200 g/mol. The van der Waals surface area contributed by atoms with Gasteiger partial charge in [0.05, 0.1) is 0 Å². The Morgan fingerprint density at radius 1 is 1.36 bits per heavy atom. The fraction of sp³-hybridized carbons (Fsp3) is 1.00. The normalized spacial score (nSPS) is 16.5. The minimum absolute atomic E-state index is 0.109. The van der Waals surface area contributed by atoms with Gasteiger partial charge >= 0.3 is 0 Å². The molecule has 68 valence electrons. The van der Waals surface area contributed by atoms with Crippen LogP contribution in [0.25, 0.3) is 0 Å². The van der Waals surface area contributed by atoms with E-state index in [4.69, 9.17) is 10.7 Å². The van der Waals surface area contributed by atoms with E-state index in [0.717, 1.165) is 0 Å². The summed E-state index contributed by atoms with van der Waals surface area (Å²) in [5, 5.41) is 0. The molecule has 5 heteroatoms. The summed E-state index contributed by atoms with van der Waals surface area (Å²) in [5.74, 6) is 0. The fourth-order valence-electron chi connectivity index (χ4n) is 0.388. The van der Waals surface area contributed by atoms with Gasteiger partial charge in [0.25, 0.3) is 9.24 Å². The lowest BCUT2D eigenvalue weighted by Gasteiger charge is -2.26. The van der Waals surface area contributed by atoms with Crippen LogP contribution in [0.1, 0.15) is 27.7 Å². The summed E-state index contributed by atoms with van der Waals surface area (Å²) in [6.07, 6.45) is 0. The molecule has 0 aromatic heterocycles. The lowest BCUT2D eigenvalue weighted by molar-refractivity contribution is 0.319. The molecule has 1 unspecified atom stereocenters. The minimum atomic E-state index is -3.58. The zero-order valence-electron chi connectivity index (χ0n) is 7.18. The molecular weight excluding hydrogens is 186 g/mol. The molecule has 0 aromatic carbocycles. The van der Waals surface area contributed by atoms with Crippen molar-refractivity contribution in [3.05, 3.63) is 0 Å². The summed E-state index contributed by atoms with van der Waals surface area (Å²) in [7, 11) is 1.41. The van der Waals surface area contributed by atoms with Crippen molar-refractivity contribution in [1.82, 2.24) is 4.72 Å². The third-order valence-electron chi connectivity index (χ3n) is 1.62. The van der Waals surface area contributed by atoms with Crippen LogP contribution >= 0.6 is 10.7 Å². The fourth-order valence-corrected chi connectivity index (χ4v) is 1.56. The van der Waals surface area contributed by atoms with Gasteiger partial charge in [-0.25, -0.2) is 0 Å². The van der Waals surface area contributed by atoms with Crippen molar-refractivity contribution >= 4 is 19.9 Å². The van der Waals surface area contributed by atoms with Crippen molar-refractivity contribution in [2.45, 2.75) is 33.7 Å². The van der Waals surface area contributed by atoms with Crippen LogP contribution in [0.3, 0.4) is 0 Å². The van der Waals surface area contributed by atoms with Crippen molar-refractivity contribution in [2.75, 3.05) is 0 Å². The summed E-state index contributed by atoms with van der Waals surface area (Å²) in [6.45, 7) is 7.59. The van der Waals surface area contributed by atoms with E-state index in [9.17, 15) is 8.42 Å². The van der Waals surface area contributed by atoms with Gasteiger partial charge in [-0.3, -0.25) is 0 Å². The van der Waals surface area contributed by atoms with Crippen molar-refractivity contribution in [2.24, 2.45) is 5.41 Å². The van der Waals surface area contributed by atoms with Crippen LogP contribution in [-0.2, 0) is 9.24 Å². The molecule has 0 heterocycles. The maximum absolute atomic E-state index is 10.5. The molecule has 1 atom stereocenters. The molecule has 11 heavy (non-hydrogen) atoms. The van der Waals surface area contributed by atoms with Crippen molar-refractivity contribution < 1.29 is 8.42 Å². The second-order valence-electron chi connectivity index (χ2n) is 3.64. The predicted octanol–water partition coefficient (Wildman–Crippen LogP) is 1.49. The first kappa shape index (κ1) is 11.2. The van der Waals surface area contributed by atoms with Crippen molar-refractivity contribution in [3.8, 4) is 0 Å². The molecule has 3 nitrogen and oxygen atoms in total. The Hall–Kier alpha value is 0.200. The molecular formula is C6H14ClNO2S. The number of nitrogens with one attached hydrogen (secondary N) is 1. The zero-order chi connectivity index (χ0) is 9.28. The highest BCUT2D eigenvalue weighted by Gasteiger charge is 2.23. The SMILES string of the molecule is CC(NS(=O)(=O)Cl)C(C)(C)C. The largest absolute Gasteiger partial charge is 0.297 e. The number of hydrogen-bond donors (Lipinski definition) is 1. The van der Waals surface area contributed by atoms with E-state index >= 15 is 0 Å². The van der Waals surface area contributed by atoms with Crippen LogP contribution in [0.5, 0.6) is 0 Å². The van der Waals surface area contributed by atoms with E-state index in [1.54, 1.807) is 6.92 Å². The zero-order valence-corrected chi connectivity index (χ0v) is 8.75. The molecule has 0 aromatic rings. The molecule has 0 aliphatic carbocycles. The van der Waals surface area contributed by atoms with Gasteiger partial charge in [-0.2, -0.15) is 13.1 Å². The number of hydrogen-bond acceptors (Lipinski definition) is 2. The van der Waals surface area contributed by atoms with Gasteiger partial charge in [-0.15, -0.1) is 0 Å². The lowest BCUT2D eigenvalue weighted by Crippen LogP contribution is -2.39. The first-order valence-corrected chi connectivity index (χ1v) is 5.66. The quantitative estimate of drug-likeness (QED) is 0.686. The van der Waals surface area contributed by atoms with Crippen LogP contribution < -0.4 is 4.72 Å². The maximum Gasteiger partial charge on any atom is 0.297 e. The maximum atomic E-state index is 10.5. The van der Waals surface area contributed by atoms with Crippen molar-refractivity contribution in [1.29, 1.82) is 0 Å². The summed E-state index contributed by atoms with van der Waals surface area (Å²) < 4.78 is 23.4. The van der Waals surface area contributed by atoms with Gasteiger partial charge in [-0.05, 0) is 12.3 Å². The van der Waals surface area contributed by atoms with Crippen LogP contribution in [0, 0.1) is 5.41 Å². The van der Waals surface area contributed by atoms with Crippen LogP contribution in [0.15, 0.2) is 0 Å². The Labute approximate surface area is 72.7 Å². The molecule has 0 fully saturated rings. The second-order valence-corrected chi connectivity index (χ2v) is 5.97. The summed E-state index contributed by atoms with van der Waals surface area (Å²) in [6, 6.07) is -0.162. The van der Waals surface area contributed by atoms with Gasteiger partial charge in [-0.1, -0.05) is 20.8 Å². The Kier molecular flexibility index (Phi) is 3.35. The highest BCUT2D eigenvalue weighted by atomic mass is 35.7. The van der Waals surface area contributed by atoms with Gasteiger partial charge in [0, 0.05) is 16.7 Å². The molecule has 0 rings (SSSR count). The molecule has 0 radical (unpaired) electrons. The molecule has 0 bridgehead atoms. The third-order valence-corrected chi connectivity index (χ3v) is 2.52. The molecule has 0 saturated carbocycles. The van der Waals surface area contributed by atoms with Crippen molar-refractivity contribution in [3.63, 3.8) is 0 Å². The van der Waals surface area contributed by atoms with E-state index in [1.807, 2.05) is 20.8 Å². The van der Waals surface area contributed by atoms with E-state index < -0.39 is 9.24 Å². The molecule has 0 aliphatic rings. The highest BCUT2D eigenvalue weighted by Crippen LogP contribution is 2.19. The predicted molar refractivity (Wildman–Crippen MR) is 46.8 cm³/mol. The molecule has 0 saturated heterocycles. The second kappa shape index (κ2) is 3.29. The van der Waals surface area contributed by atoms with Crippen LogP contribution in [0.2, 0.25) is 0 Å². The standard InChI is InChI=1S/C6H14ClNO2S/c1-5(6(2,3)4)8-11(7,9)10/h5,8H,1-4H3. The van der Waals surface area contributed by atoms with Gasteiger partial charge in [0.15, 0.2) is 0 Å². The monoisotopic (exact) mass is 199 g/mol. The Bertz CT molecular complexity index is 217. The minimum Gasteiger partial charge on any atom is -0.199 e. The van der Waals surface area contributed by atoms with Gasteiger partial charge in [0.1, 0.15) is 0 Å². The highest BCUT2D eigenvalue weighted by molar-refractivity contribution is 8.12. The molecule has 0 amide bonds. The Morgan fingerprint density at radius 2 is 1.73 bits per heavy atom. The summed E-state index contributed by atoms with van der Waals surface area (Å²) in [4.78, 5) is 0. The lowest BCUT2D eigenvalue weighted by atomic mass is 9.89. The van der Waals surface area contributed by atoms with Crippen LogP contribution in [-0.4, -0.2) is 14.5 Å². The molecule has 1 N–H and O–H groups in total.